The third-order valence-electron chi connectivity index (χ3n) is 3.54. The van der Waals surface area contributed by atoms with Crippen LogP contribution in [0.4, 0.5) is 5.88 Å². The molecule has 0 radical (unpaired) electrons. The van der Waals surface area contributed by atoms with E-state index in [-0.39, 0.29) is 11.9 Å². The number of hydrogen-bond acceptors (Lipinski definition) is 5. The maximum Gasteiger partial charge on any atom is 0.301 e. The number of aromatic nitrogens is 1. The molecule has 0 aliphatic carbocycles. The molecule has 2 N–H and O–H groups in total. The van der Waals surface area contributed by atoms with Crippen molar-refractivity contribution in [1.29, 1.82) is 0 Å². The Morgan fingerprint density at radius 1 is 1.47 bits per heavy atom. The van der Waals surface area contributed by atoms with Gasteiger partial charge in [0.15, 0.2) is 0 Å². The van der Waals surface area contributed by atoms with Crippen molar-refractivity contribution in [3.05, 3.63) is 11.3 Å². The normalized spacial score (nSPS) is 21.6. The van der Waals surface area contributed by atoms with Crippen LogP contribution in [-0.2, 0) is 10.2 Å². The summed E-state index contributed by atoms with van der Waals surface area (Å²) in [7, 11) is -1.91. The van der Waals surface area contributed by atoms with Crippen molar-refractivity contribution in [2.24, 2.45) is 5.14 Å². The van der Waals surface area contributed by atoms with Crippen molar-refractivity contribution in [2.45, 2.75) is 32.7 Å². The lowest BCUT2D eigenvalue weighted by atomic mass is 10.1. The van der Waals surface area contributed by atoms with Gasteiger partial charge in [0.1, 0.15) is 0 Å². The van der Waals surface area contributed by atoms with E-state index in [9.17, 15) is 8.42 Å². The van der Waals surface area contributed by atoms with Crippen LogP contribution in [0.15, 0.2) is 4.52 Å². The van der Waals surface area contributed by atoms with Gasteiger partial charge in [0.2, 0.25) is 5.88 Å². The van der Waals surface area contributed by atoms with Gasteiger partial charge >= 0.3 is 10.2 Å². The SMILES string of the molecule is Cc1noc(N(C2CCCN(C)C2)S(N)(=O)=O)c1C. The predicted molar refractivity (Wildman–Crippen MR) is 72.1 cm³/mol. The molecule has 108 valence electrons. The van der Waals surface area contributed by atoms with Gasteiger partial charge in [-0.05, 0) is 40.3 Å². The lowest BCUT2D eigenvalue weighted by Crippen LogP contribution is -2.51. The Kier molecular flexibility index (Phi) is 3.84. The Hall–Kier alpha value is -1.12. The average Bonchev–Trinajstić information content (AvgIpc) is 2.60. The van der Waals surface area contributed by atoms with Gasteiger partial charge in [0, 0.05) is 12.1 Å². The Balaban J connectivity index is 2.40. The van der Waals surface area contributed by atoms with E-state index in [2.05, 4.69) is 10.1 Å². The van der Waals surface area contributed by atoms with E-state index in [1.807, 2.05) is 7.05 Å². The van der Waals surface area contributed by atoms with E-state index >= 15 is 0 Å². The molecule has 0 saturated carbocycles. The zero-order valence-corrected chi connectivity index (χ0v) is 12.3. The minimum absolute atomic E-state index is 0.209. The largest absolute Gasteiger partial charge is 0.337 e. The molecule has 8 heteroatoms. The number of hydrogen-bond donors (Lipinski definition) is 1. The van der Waals surface area contributed by atoms with Crippen LogP contribution in [0.5, 0.6) is 0 Å². The fourth-order valence-corrected chi connectivity index (χ4v) is 3.42. The van der Waals surface area contributed by atoms with E-state index in [1.54, 1.807) is 13.8 Å². The van der Waals surface area contributed by atoms with E-state index < -0.39 is 10.2 Å². The van der Waals surface area contributed by atoms with Crippen LogP contribution in [0.2, 0.25) is 0 Å². The third kappa shape index (κ3) is 2.90. The summed E-state index contributed by atoms with van der Waals surface area (Å²) in [6, 6.07) is -0.209. The minimum atomic E-state index is -3.88. The molecule has 1 fully saturated rings. The van der Waals surface area contributed by atoms with Gasteiger partial charge in [0.05, 0.1) is 11.7 Å². The summed E-state index contributed by atoms with van der Waals surface area (Å²) < 4.78 is 30.1. The summed E-state index contributed by atoms with van der Waals surface area (Å²) in [6.45, 7) is 5.15. The van der Waals surface area contributed by atoms with Crippen molar-refractivity contribution in [3.8, 4) is 0 Å². The number of rotatable bonds is 3. The molecule has 0 spiro atoms. The summed E-state index contributed by atoms with van der Waals surface area (Å²) in [5.41, 5.74) is 1.38. The fourth-order valence-electron chi connectivity index (χ4n) is 2.43. The van der Waals surface area contributed by atoms with Crippen molar-refractivity contribution >= 4 is 16.1 Å². The molecule has 0 amide bonds. The summed E-state index contributed by atoms with van der Waals surface area (Å²) >= 11 is 0. The smallest absolute Gasteiger partial charge is 0.301 e. The molecule has 7 nitrogen and oxygen atoms in total. The highest BCUT2D eigenvalue weighted by atomic mass is 32.2. The molecule has 19 heavy (non-hydrogen) atoms. The van der Waals surface area contributed by atoms with Crippen LogP contribution in [0.1, 0.15) is 24.1 Å². The van der Waals surface area contributed by atoms with Gasteiger partial charge in [-0.1, -0.05) is 5.16 Å². The number of anilines is 1. The van der Waals surface area contributed by atoms with Crippen molar-refractivity contribution in [2.75, 3.05) is 24.4 Å². The zero-order chi connectivity index (χ0) is 14.2. The van der Waals surface area contributed by atoms with E-state index in [0.29, 0.717) is 17.8 Å². The molecule has 1 aliphatic heterocycles. The van der Waals surface area contributed by atoms with Crippen LogP contribution in [0, 0.1) is 13.8 Å². The van der Waals surface area contributed by atoms with Crippen molar-refractivity contribution in [1.82, 2.24) is 10.1 Å². The number of likely N-dealkylation sites (tertiary alicyclic amines) is 1. The van der Waals surface area contributed by atoms with E-state index in [4.69, 9.17) is 9.66 Å². The monoisotopic (exact) mass is 288 g/mol. The Bertz CT molecular complexity index is 554. The number of likely N-dealkylation sites (N-methyl/N-ethyl adjacent to an activating group) is 1. The molecule has 1 aromatic rings. The summed E-state index contributed by atoms with van der Waals surface area (Å²) in [5, 5.41) is 9.17. The first-order valence-electron chi connectivity index (χ1n) is 6.24. The van der Waals surface area contributed by atoms with Gasteiger partial charge in [-0.3, -0.25) is 0 Å². The van der Waals surface area contributed by atoms with Crippen molar-refractivity contribution in [3.63, 3.8) is 0 Å². The van der Waals surface area contributed by atoms with Crippen LogP contribution >= 0.6 is 0 Å². The Morgan fingerprint density at radius 3 is 2.63 bits per heavy atom. The molecule has 0 aromatic carbocycles. The van der Waals surface area contributed by atoms with Crippen LogP contribution < -0.4 is 9.44 Å². The van der Waals surface area contributed by atoms with Crippen LogP contribution in [0.3, 0.4) is 0 Å². The van der Waals surface area contributed by atoms with Crippen LogP contribution in [0.25, 0.3) is 0 Å². The topological polar surface area (TPSA) is 92.7 Å². The maximum atomic E-state index is 11.9. The molecule has 2 heterocycles. The highest BCUT2D eigenvalue weighted by Crippen LogP contribution is 2.29. The molecular weight excluding hydrogens is 268 g/mol. The second kappa shape index (κ2) is 5.10. The summed E-state index contributed by atoms with van der Waals surface area (Å²) in [6.07, 6.45) is 1.69. The number of aryl methyl sites for hydroxylation is 1. The second-order valence-electron chi connectivity index (χ2n) is 5.10. The van der Waals surface area contributed by atoms with Gasteiger partial charge in [-0.2, -0.15) is 8.42 Å². The lowest BCUT2D eigenvalue weighted by molar-refractivity contribution is 0.249. The van der Waals surface area contributed by atoms with Gasteiger partial charge in [0.25, 0.3) is 0 Å². The standard InChI is InChI=1S/C11H20N4O3S/c1-8-9(2)13-18-11(8)15(19(12,16)17)10-5-4-6-14(3)7-10/h10H,4-7H2,1-3H3,(H2,12,16,17). The first kappa shape index (κ1) is 14.3. The second-order valence-corrected chi connectivity index (χ2v) is 6.52. The molecule has 1 unspecified atom stereocenters. The van der Waals surface area contributed by atoms with Gasteiger partial charge in [-0.15, -0.1) is 0 Å². The van der Waals surface area contributed by atoms with Gasteiger partial charge in [-0.25, -0.2) is 9.44 Å². The molecule has 1 atom stereocenters. The molecule has 1 aromatic heterocycles. The first-order valence-corrected chi connectivity index (χ1v) is 7.74. The Labute approximate surface area is 113 Å². The first-order chi connectivity index (χ1) is 8.80. The molecular formula is C11H20N4O3S. The molecule has 0 bridgehead atoms. The number of nitrogens with two attached hydrogens (primary N) is 1. The lowest BCUT2D eigenvalue weighted by Gasteiger charge is -2.35. The Morgan fingerprint density at radius 2 is 2.16 bits per heavy atom. The molecule has 2 rings (SSSR count). The average molecular weight is 288 g/mol. The third-order valence-corrected chi connectivity index (χ3v) is 4.55. The molecule has 1 aliphatic rings. The highest BCUT2D eigenvalue weighted by Gasteiger charge is 2.34. The quantitative estimate of drug-likeness (QED) is 0.869. The number of nitrogens with zero attached hydrogens (tertiary/aromatic N) is 3. The van der Waals surface area contributed by atoms with Crippen LogP contribution in [-0.4, -0.2) is 44.7 Å². The van der Waals surface area contributed by atoms with Gasteiger partial charge < -0.3 is 9.42 Å². The van der Waals surface area contributed by atoms with Crippen molar-refractivity contribution < 1.29 is 12.9 Å². The predicted octanol–water partition coefficient (Wildman–Crippen LogP) is 0.396. The van der Waals surface area contributed by atoms with E-state index in [1.165, 1.54) is 4.31 Å². The summed E-state index contributed by atoms with van der Waals surface area (Å²) in [5.74, 6) is 0.236. The summed E-state index contributed by atoms with van der Waals surface area (Å²) in [4.78, 5) is 2.09. The fraction of sp³-hybridized carbons (Fsp3) is 0.727. The minimum Gasteiger partial charge on any atom is -0.337 e. The molecule has 1 saturated heterocycles. The van der Waals surface area contributed by atoms with E-state index in [0.717, 1.165) is 19.4 Å². The number of piperidine rings is 1. The highest BCUT2D eigenvalue weighted by molar-refractivity contribution is 7.90. The zero-order valence-electron chi connectivity index (χ0n) is 11.5. The maximum absolute atomic E-state index is 11.9.